The molecule has 25 heavy (non-hydrogen) atoms. The van der Waals surface area contributed by atoms with Crippen LogP contribution < -0.4 is 4.72 Å². The lowest BCUT2D eigenvalue weighted by Crippen LogP contribution is -2.41. The van der Waals surface area contributed by atoms with Gasteiger partial charge in [0, 0.05) is 4.90 Å². The molecule has 0 aromatic heterocycles. The van der Waals surface area contributed by atoms with Crippen molar-refractivity contribution in [1.29, 1.82) is 0 Å². The number of carbonyl (C=O) groups is 1. The highest BCUT2D eigenvalue weighted by Gasteiger charge is 2.25. The van der Waals surface area contributed by atoms with Gasteiger partial charge in [0.2, 0.25) is 10.0 Å². The first-order valence-corrected chi connectivity index (χ1v) is 10.1. The minimum Gasteiger partial charge on any atom is -0.480 e. The van der Waals surface area contributed by atoms with Gasteiger partial charge in [-0.15, -0.1) is 11.8 Å². The Labute approximate surface area is 151 Å². The Balaban J connectivity index is 2.25. The molecule has 0 bridgehead atoms. The zero-order chi connectivity index (χ0) is 18.6. The molecule has 2 aromatic rings. The number of hydrogen-bond donors (Lipinski definition) is 2. The van der Waals surface area contributed by atoms with E-state index in [9.17, 15) is 13.2 Å². The molecule has 0 saturated carbocycles. The van der Waals surface area contributed by atoms with E-state index in [0.29, 0.717) is 0 Å². The van der Waals surface area contributed by atoms with Crippen molar-refractivity contribution >= 4 is 27.8 Å². The maximum atomic E-state index is 12.4. The van der Waals surface area contributed by atoms with Crippen molar-refractivity contribution in [3.05, 3.63) is 60.7 Å². The van der Waals surface area contributed by atoms with Crippen LogP contribution in [0.25, 0.3) is 11.1 Å². The zero-order valence-electron chi connectivity index (χ0n) is 13.9. The molecule has 0 spiro atoms. The molecule has 0 saturated heterocycles. The molecule has 0 aliphatic heterocycles. The number of nitrogens with one attached hydrogen (secondary N) is 1. The van der Waals surface area contributed by atoms with Crippen molar-refractivity contribution < 1.29 is 18.3 Å². The lowest BCUT2D eigenvalue weighted by Gasteiger charge is -2.15. The quantitative estimate of drug-likeness (QED) is 0.571. The molecule has 0 amide bonds. The molecule has 2 N–H and O–H groups in total. The topological polar surface area (TPSA) is 83.5 Å². The largest absolute Gasteiger partial charge is 0.480 e. The number of carboxylic acid groups (broad SMARTS) is 1. The monoisotopic (exact) mass is 377 g/mol. The highest BCUT2D eigenvalue weighted by Crippen LogP contribution is 2.24. The minimum atomic E-state index is -3.95. The average Bonchev–Trinajstić information content (AvgIpc) is 2.59. The van der Waals surface area contributed by atoms with Gasteiger partial charge in [0.15, 0.2) is 0 Å². The number of carboxylic acids is 1. The lowest BCUT2D eigenvalue weighted by molar-refractivity contribution is -0.137. The van der Waals surface area contributed by atoms with Crippen molar-refractivity contribution in [2.75, 3.05) is 6.26 Å². The Bertz CT molecular complexity index is 858. The Morgan fingerprint density at radius 2 is 1.56 bits per heavy atom. The third-order valence-electron chi connectivity index (χ3n) is 3.60. The molecule has 1 unspecified atom stereocenters. The maximum absolute atomic E-state index is 12.4. The molecule has 2 aromatic carbocycles. The fourth-order valence-electron chi connectivity index (χ4n) is 2.19. The van der Waals surface area contributed by atoms with Crippen LogP contribution in [-0.4, -0.2) is 31.8 Å². The number of benzene rings is 2. The summed E-state index contributed by atoms with van der Waals surface area (Å²) in [6.45, 7) is 4.97. The van der Waals surface area contributed by atoms with Crippen LogP contribution in [0.15, 0.2) is 70.5 Å². The van der Waals surface area contributed by atoms with E-state index < -0.39 is 22.0 Å². The average molecular weight is 377 g/mol. The molecular formula is C18H19NO4S2. The minimum absolute atomic E-state index is 0.00415. The van der Waals surface area contributed by atoms with Gasteiger partial charge in [-0.05, 0) is 48.6 Å². The van der Waals surface area contributed by atoms with Gasteiger partial charge in [0.25, 0.3) is 0 Å². The standard InChI is InChI=1S/C18H19NO4S2/c1-12(2)17(18(20)21)19-25(22,23)16-10-6-14(7-11-16)13-4-8-15(24-3)9-5-13/h4-11,17,19H,1H2,2-3H3,(H,20,21). The lowest BCUT2D eigenvalue weighted by atomic mass is 10.1. The molecule has 1 atom stereocenters. The zero-order valence-corrected chi connectivity index (χ0v) is 15.5. The normalized spacial score (nSPS) is 12.6. The van der Waals surface area contributed by atoms with Gasteiger partial charge < -0.3 is 5.11 Å². The van der Waals surface area contributed by atoms with E-state index >= 15 is 0 Å². The predicted molar refractivity (Wildman–Crippen MR) is 100 cm³/mol. The van der Waals surface area contributed by atoms with Gasteiger partial charge in [-0.2, -0.15) is 4.72 Å². The second kappa shape index (κ2) is 7.86. The summed E-state index contributed by atoms with van der Waals surface area (Å²) < 4.78 is 26.9. The first-order valence-electron chi connectivity index (χ1n) is 7.39. The Kier molecular flexibility index (Phi) is 6.05. The Morgan fingerprint density at radius 3 is 1.96 bits per heavy atom. The fraction of sp³-hybridized carbons (Fsp3) is 0.167. The van der Waals surface area contributed by atoms with Gasteiger partial charge >= 0.3 is 5.97 Å². The van der Waals surface area contributed by atoms with Crippen LogP contribution in [0.3, 0.4) is 0 Å². The van der Waals surface area contributed by atoms with E-state index in [1.54, 1.807) is 23.9 Å². The van der Waals surface area contributed by atoms with Crippen LogP contribution in [-0.2, 0) is 14.8 Å². The highest BCUT2D eigenvalue weighted by atomic mass is 32.2. The number of aliphatic carboxylic acids is 1. The Morgan fingerprint density at radius 1 is 1.08 bits per heavy atom. The molecule has 0 aliphatic rings. The summed E-state index contributed by atoms with van der Waals surface area (Å²) in [5.74, 6) is -1.29. The van der Waals surface area contributed by atoms with E-state index in [1.165, 1.54) is 19.1 Å². The Hall–Kier alpha value is -2.09. The van der Waals surface area contributed by atoms with Gasteiger partial charge in [-0.25, -0.2) is 8.42 Å². The van der Waals surface area contributed by atoms with E-state index in [-0.39, 0.29) is 10.5 Å². The summed E-state index contributed by atoms with van der Waals surface area (Å²) in [5.41, 5.74) is 2.06. The summed E-state index contributed by atoms with van der Waals surface area (Å²) in [6, 6.07) is 12.9. The van der Waals surface area contributed by atoms with Crippen LogP contribution in [0.4, 0.5) is 0 Å². The first-order chi connectivity index (χ1) is 11.7. The highest BCUT2D eigenvalue weighted by molar-refractivity contribution is 7.98. The fourth-order valence-corrected chi connectivity index (χ4v) is 3.85. The van der Waals surface area contributed by atoms with Gasteiger partial charge in [0.05, 0.1) is 4.90 Å². The third-order valence-corrected chi connectivity index (χ3v) is 5.78. The molecule has 2 rings (SSSR count). The second-order valence-electron chi connectivity index (χ2n) is 5.49. The summed E-state index contributed by atoms with van der Waals surface area (Å²) >= 11 is 1.65. The first kappa shape index (κ1) is 19.2. The summed E-state index contributed by atoms with van der Waals surface area (Å²) in [4.78, 5) is 12.3. The van der Waals surface area contributed by atoms with E-state index in [2.05, 4.69) is 11.3 Å². The van der Waals surface area contributed by atoms with Crippen molar-refractivity contribution in [1.82, 2.24) is 4.72 Å². The van der Waals surface area contributed by atoms with E-state index in [0.717, 1.165) is 16.0 Å². The van der Waals surface area contributed by atoms with Gasteiger partial charge in [-0.3, -0.25) is 4.79 Å². The molecule has 0 fully saturated rings. The van der Waals surface area contributed by atoms with E-state index in [4.69, 9.17) is 5.11 Å². The predicted octanol–water partition coefficient (Wildman–Crippen LogP) is 3.38. The van der Waals surface area contributed by atoms with E-state index in [1.807, 2.05) is 30.5 Å². The number of sulfonamides is 1. The summed E-state index contributed by atoms with van der Waals surface area (Å²) in [7, 11) is -3.95. The second-order valence-corrected chi connectivity index (χ2v) is 8.09. The summed E-state index contributed by atoms with van der Waals surface area (Å²) in [5, 5.41) is 9.10. The molecule has 5 nitrogen and oxygen atoms in total. The van der Waals surface area contributed by atoms with Crippen molar-refractivity contribution in [2.24, 2.45) is 0 Å². The molecule has 0 radical (unpaired) electrons. The summed E-state index contributed by atoms with van der Waals surface area (Å²) in [6.07, 6.45) is 2.00. The van der Waals surface area contributed by atoms with Crippen LogP contribution in [0, 0.1) is 0 Å². The molecular weight excluding hydrogens is 358 g/mol. The van der Waals surface area contributed by atoms with Gasteiger partial charge in [-0.1, -0.05) is 36.4 Å². The number of thioether (sulfide) groups is 1. The van der Waals surface area contributed by atoms with Crippen LogP contribution >= 0.6 is 11.8 Å². The van der Waals surface area contributed by atoms with Crippen LogP contribution in [0.2, 0.25) is 0 Å². The van der Waals surface area contributed by atoms with Gasteiger partial charge in [0.1, 0.15) is 6.04 Å². The van der Waals surface area contributed by atoms with Crippen LogP contribution in [0.5, 0.6) is 0 Å². The van der Waals surface area contributed by atoms with Crippen molar-refractivity contribution in [2.45, 2.75) is 22.8 Å². The van der Waals surface area contributed by atoms with Crippen LogP contribution in [0.1, 0.15) is 6.92 Å². The molecule has 7 heteroatoms. The SMILES string of the molecule is C=C(C)C(NS(=O)(=O)c1ccc(-c2ccc(SC)cc2)cc1)C(=O)O. The van der Waals surface area contributed by atoms with Crippen molar-refractivity contribution in [3.8, 4) is 11.1 Å². The third kappa shape index (κ3) is 4.72. The molecule has 132 valence electrons. The molecule has 0 heterocycles. The number of hydrogen-bond acceptors (Lipinski definition) is 4. The van der Waals surface area contributed by atoms with Crippen molar-refractivity contribution in [3.63, 3.8) is 0 Å². The maximum Gasteiger partial charge on any atom is 0.325 e. The molecule has 0 aliphatic carbocycles. The number of rotatable bonds is 7. The smallest absolute Gasteiger partial charge is 0.325 e.